The van der Waals surface area contributed by atoms with E-state index in [0.717, 1.165) is 30.6 Å². The van der Waals surface area contributed by atoms with Gasteiger partial charge >= 0.3 is 0 Å². The summed E-state index contributed by atoms with van der Waals surface area (Å²) in [7, 11) is 0. The summed E-state index contributed by atoms with van der Waals surface area (Å²) in [6, 6.07) is 9.47. The standard InChI is InChI=1S/C24H25N5O3/c1-15(31)24-26-8-9-29(24)22(11-25)21-10-23(32-27-21)17-5-2-16(3-6-17)4-7-18-19-12-28(14-30)13-20(18)19/h2-3,5-6,8-10,14-15,18-20,22,31H,11-13,25H2,1H3/t15-,18?,19?,20?,22+/m0/s1. The zero-order valence-electron chi connectivity index (χ0n) is 17.8. The van der Waals surface area contributed by atoms with Crippen molar-refractivity contribution in [2.24, 2.45) is 23.5 Å². The van der Waals surface area contributed by atoms with E-state index in [4.69, 9.17) is 10.3 Å². The maximum atomic E-state index is 10.8. The van der Waals surface area contributed by atoms with Gasteiger partial charge in [-0.3, -0.25) is 4.79 Å². The molecule has 1 aliphatic heterocycles. The van der Waals surface area contributed by atoms with E-state index in [1.165, 1.54) is 0 Å². The Morgan fingerprint density at radius 2 is 2.06 bits per heavy atom. The maximum Gasteiger partial charge on any atom is 0.209 e. The van der Waals surface area contributed by atoms with Gasteiger partial charge in [0.15, 0.2) is 5.76 Å². The second-order valence-corrected chi connectivity index (χ2v) is 8.50. The topological polar surface area (TPSA) is 110 Å². The highest BCUT2D eigenvalue weighted by atomic mass is 16.5. The van der Waals surface area contributed by atoms with Crippen molar-refractivity contribution in [3.63, 3.8) is 0 Å². The van der Waals surface area contributed by atoms with Crippen molar-refractivity contribution in [1.82, 2.24) is 19.6 Å². The highest BCUT2D eigenvalue weighted by molar-refractivity contribution is 5.59. The van der Waals surface area contributed by atoms with Crippen LogP contribution in [0.4, 0.5) is 0 Å². The molecule has 32 heavy (non-hydrogen) atoms. The molecular formula is C24H25N5O3. The number of piperidine rings is 1. The van der Waals surface area contributed by atoms with Gasteiger partial charge in [0.05, 0.1) is 6.04 Å². The minimum absolute atomic E-state index is 0.280. The lowest BCUT2D eigenvalue weighted by molar-refractivity contribution is -0.117. The highest BCUT2D eigenvalue weighted by Crippen LogP contribution is 2.50. The predicted molar refractivity (Wildman–Crippen MR) is 117 cm³/mol. The lowest BCUT2D eigenvalue weighted by Crippen LogP contribution is -2.22. The van der Waals surface area contributed by atoms with Crippen LogP contribution in [0.5, 0.6) is 0 Å². The number of imidazole rings is 1. The molecule has 3 N–H and O–H groups in total. The molecule has 1 aliphatic carbocycles. The van der Waals surface area contributed by atoms with Crippen molar-refractivity contribution in [3.05, 3.63) is 59.8 Å². The number of likely N-dealkylation sites (tertiary alicyclic amines) is 1. The number of aliphatic hydroxyl groups is 1. The third-order valence-electron chi connectivity index (χ3n) is 6.43. The maximum absolute atomic E-state index is 10.8. The van der Waals surface area contributed by atoms with Crippen LogP contribution in [-0.2, 0) is 4.79 Å². The normalized spacial score (nSPS) is 23.2. The van der Waals surface area contributed by atoms with Crippen LogP contribution in [0.3, 0.4) is 0 Å². The number of carbonyl (C=O) groups is 1. The summed E-state index contributed by atoms with van der Waals surface area (Å²) in [5.41, 5.74) is 8.52. The molecule has 2 unspecified atom stereocenters. The van der Waals surface area contributed by atoms with Crippen LogP contribution in [-0.4, -0.2) is 50.8 Å². The number of hydrogen-bond acceptors (Lipinski definition) is 6. The first-order valence-corrected chi connectivity index (χ1v) is 10.8. The molecule has 2 fully saturated rings. The lowest BCUT2D eigenvalue weighted by atomic mass is 10.1. The number of fused-ring (bicyclic) bond motifs is 1. The van der Waals surface area contributed by atoms with E-state index in [1.807, 2.05) is 39.8 Å². The van der Waals surface area contributed by atoms with E-state index in [9.17, 15) is 9.90 Å². The number of carbonyl (C=O) groups excluding carboxylic acids is 1. The molecule has 8 nitrogen and oxygen atoms in total. The minimum Gasteiger partial charge on any atom is -0.385 e. The summed E-state index contributed by atoms with van der Waals surface area (Å²) < 4.78 is 7.41. The average Bonchev–Trinajstić information content (AvgIpc) is 3.31. The SMILES string of the molecule is C[C@H](O)c1nccn1[C@H](CN)c1cc(-c2ccc(C#CC3C4CN(C=O)CC34)cc2)on1. The molecule has 1 saturated heterocycles. The van der Waals surface area contributed by atoms with Crippen LogP contribution in [0.25, 0.3) is 11.3 Å². The van der Waals surface area contributed by atoms with Crippen LogP contribution >= 0.6 is 0 Å². The number of aromatic nitrogens is 3. The van der Waals surface area contributed by atoms with Crippen molar-refractivity contribution in [1.29, 1.82) is 0 Å². The smallest absolute Gasteiger partial charge is 0.209 e. The first-order chi connectivity index (χ1) is 15.6. The minimum atomic E-state index is -0.710. The van der Waals surface area contributed by atoms with Gasteiger partial charge in [-0.25, -0.2) is 4.98 Å². The molecule has 1 amide bonds. The number of rotatable bonds is 6. The molecule has 0 radical (unpaired) electrons. The Bertz CT molecular complexity index is 1160. The number of amides is 1. The van der Waals surface area contributed by atoms with E-state index in [0.29, 0.717) is 41.6 Å². The monoisotopic (exact) mass is 431 g/mol. The van der Waals surface area contributed by atoms with Gasteiger partial charge in [-0.05, 0) is 43.0 Å². The van der Waals surface area contributed by atoms with Crippen molar-refractivity contribution in [2.45, 2.75) is 19.1 Å². The molecule has 3 heterocycles. The van der Waals surface area contributed by atoms with Gasteiger partial charge in [0, 0.05) is 55.1 Å². The zero-order chi connectivity index (χ0) is 22.2. The summed E-state index contributed by atoms with van der Waals surface area (Å²) >= 11 is 0. The van der Waals surface area contributed by atoms with Gasteiger partial charge in [-0.2, -0.15) is 0 Å². The number of benzene rings is 1. The fraction of sp³-hybridized carbons (Fsp3) is 0.375. The zero-order valence-corrected chi connectivity index (χ0v) is 17.8. The van der Waals surface area contributed by atoms with Crippen molar-refractivity contribution >= 4 is 6.41 Å². The van der Waals surface area contributed by atoms with Gasteiger partial charge in [0.25, 0.3) is 0 Å². The summed E-state index contributed by atoms with van der Waals surface area (Å²) in [5.74, 6) is 9.29. The Kier molecular flexibility index (Phi) is 5.29. The van der Waals surface area contributed by atoms with Crippen LogP contribution < -0.4 is 5.73 Å². The highest BCUT2D eigenvalue weighted by Gasteiger charge is 2.54. The summed E-state index contributed by atoms with van der Waals surface area (Å²) in [5, 5.41) is 14.2. The average molecular weight is 431 g/mol. The second kappa shape index (κ2) is 8.26. The first kappa shape index (κ1) is 20.5. The third kappa shape index (κ3) is 3.70. The van der Waals surface area contributed by atoms with Gasteiger partial charge in [-0.15, -0.1) is 0 Å². The van der Waals surface area contributed by atoms with Crippen LogP contribution in [0.15, 0.2) is 47.2 Å². The Hall–Kier alpha value is -3.41. The molecule has 1 aromatic carbocycles. The fourth-order valence-corrected chi connectivity index (χ4v) is 4.61. The molecule has 1 saturated carbocycles. The lowest BCUT2D eigenvalue weighted by Gasteiger charge is -2.17. The van der Waals surface area contributed by atoms with E-state index in [-0.39, 0.29) is 6.04 Å². The summed E-state index contributed by atoms with van der Waals surface area (Å²) in [4.78, 5) is 16.9. The van der Waals surface area contributed by atoms with Crippen LogP contribution in [0, 0.1) is 29.6 Å². The molecule has 8 heteroatoms. The molecule has 3 aromatic rings. The van der Waals surface area contributed by atoms with Gasteiger partial charge in [-0.1, -0.05) is 17.0 Å². The van der Waals surface area contributed by atoms with E-state index < -0.39 is 6.10 Å². The number of aliphatic hydroxyl groups excluding tert-OH is 1. The quantitative estimate of drug-likeness (QED) is 0.455. The van der Waals surface area contributed by atoms with E-state index >= 15 is 0 Å². The Balaban J connectivity index is 1.28. The van der Waals surface area contributed by atoms with Gasteiger partial charge in [0.1, 0.15) is 17.6 Å². The third-order valence-corrected chi connectivity index (χ3v) is 6.43. The van der Waals surface area contributed by atoms with Crippen molar-refractivity contribution in [2.75, 3.05) is 19.6 Å². The molecule has 5 rings (SSSR count). The summed E-state index contributed by atoms with van der Waals surface area (Å²) in [6.07, 6.45) is 3.64. The van der Waals surface area contributed by atoms with Crippen LogP contribution in [0.2, 0.25) is 0 Å². The molecular weight excluding hydrogens is 406 g/mol. The number of hydrogen-bond donors (Lipinski definition) is 2. The molecule has 164 valence electrons. The fourth-order valence-electron chi connectivity index (χ4n) is 4.61. The van der Waals surface area contributed by atoms with E-state index in [1.54, 1.807) is 19.3 Å². The number of nitrogens with two attached hydrogens (primary N) is 1. The van der Waals surface area contributed by atoms with E-state index in [2.05, 4.69) is 22.0 Å². The Morgan fingerprint density at radius 1 is 1.31 bits per heavy atom. The molecule has 2 aromatic heterocycles. The first-order valence-electron chi connectivity index (χ1n) is 10.8. The molecule has 2 aliphatic rings. The van der Waals surface area contributed by atoms with Crippen LogP contribution in [0.1, 0.15) is 36.2 Å². The van der Waals surface area contributed by atoms with Crippen molar-refractivity contribution < 1.29 is 14.4 Å². The van der Waals surface area contributed by atoms with Crippen molar-refractivity contribution in [3.8, 4) is 23.2 Å². The molecule has 4 atom stereocenters. The Morgan fingerprint density at radius 3 is 2.72 bits per heavy atom. The second-order valence-electron chi connectivity index (χ2n) is 8.50. The van der Waals surface area contributed by atoms with Gasteiger partial charge < -0.3 is 24.8 Å². The largest absolute Gasteiger partial charge is 0.385 e. The predicted octanol–water partition coefficient (Wildman–Crippen LogP) is 1.83. The summed E-state index contributed by atoms with van der Waals surface area (Å²) in [6.45, 7) is 3.63. The van der Waals surface area contributed by atoms with Gasteiger partial charge in [0.2, 0.25) is 6.41 Å². The molecule has 0 spiro atoms. The Labute approximate surface area is 186 Å². The number of nitrogens with zero attached hydrogens (tertiary/aromatic N) is 4. The molecule has 0 bridgehead atoms.